The minimum atomic E-state index is -4.07. The lowest BCUT2D eigenvalue weighted by atomic mass is 10.3. The van der Waals surface area contributed by atoms with Crippen LogP contribution in [0.1, 0.15) is 13.3 Å². The maximum absolute atomic E-state index is 12.0. The fraction of sp³-hybridized carbons (Fsp3) is 1.00. The van der Waals surface area contributed by atoms with E-state index in [4.69, 9.17) is 0 Å². The molecule has 0 amide bonds. The molecule has 1 fully saturated rings. The third kappa shape index (κ3) is 4.47. The van der Waals surface area contributed by atoms with Crippen LogP contribution in [0.15, 0.2) is 0 Å². The van der Waals surface area contributed by atoms with E-state index in [2.05, 4.69) is 5.32 Å². The van der Waals surface area contributed by atoms with Crippen LogP contribution in [0, 0.1) is 0 Å². The van der Waals surface area contributed by atoms with Crippen molar-refractivity contribution in [2.24, 2.45) is 0 Å². The van der Waals surface area contributed by atoms with Crippen LogP contribution in [0.2, 0.25) is 0 Å². The molecule has 1 N–H and O–H groups in total. The minimum absolute atomic E-state index is 0.157. The van der Waals surface area contributed by atoms with Gasteiger partial charge in [0.25, 0.3) is 0 Å². The third-order valence-corrected chi connectivity index (χ3v) is 2.08. The molecule has 1 unspecified atom stereocenters. The summed E-state index contributed by atoms with van der Waals surface area (Å²) in [6, 6.07) is 0.157. The molecule has 1 saturated heterocycles. The smallest absolute Gasteiger partial charge is 0.313 e. The first-order chi connectivity index (χ1) is 5.97. The predicted molar refractivity (Wildman–Crippen MR) is 44.6 cm³/mol. The van der Waals surface area contributed by atoms with Crippen LogP contribution in [0.25, 0.3) is 0 Å². The van der Waals surface area contributed by atoms with Gasteiger partial charge in [-0.15, -0.1) is 0 Å². The topological polar surface area (TPSA) is 15.3 Å². The fourth-order valence-electron chi connectivity index (χ4n) is 1.59. The average molecular weight is 196 g/mol. The van der Waals surface area contributed by atoms with Gasteiger partial charge in [0.05, 0.1) is 6.54 Å². The molecule has 78 valence electrons. The van der Waals surface area contributed by atoms with Gasteiger partial charge in [0, 0.05) is 12.6 Å². The molecule has 5 heteroatoms. The number of alkyl halides is 3. The molecule has 0 saturated carbocycles. The summed E-state index contributed by atoms with van der Waals surface area (Å²) in [5, 5.41) is 3.15. The monoisotopic (exact) mass is 196 g/mol. The summed E-state index contributed by atoms with van der Waals surface area (Å²) in [5.74, 6) is 0. The molecule has 2 nitrogen and oxygen atoms in total. The van der Waals surface area contributed by atoms with E-state index in [0.717, 1.165) is 13.0 Å². The maximum atomic E-state index is 12.0. The van der Waals surface area contributed by atoms with Gasteiger partial charge in [-0.25, -0.2) is 0 Å². The molecule has 0 aliphatic carbocycles. The van der Waals surface area contributed by atoms with Crippen molar-refractivity contribution in [3.63, 3.8) is 0 Å². The molecule has 1 heterocycles. The van der Waals surface area contributed by atoms with Crippen molar-refractivity contribution in [1.29, 1.82) is 0 Å². The van der Waals surface area contributed by atoms with Crippen LogP contribution in [0.4, 0.5) is 13.2 Å². The van der Waals surface area contributed by atoms with Crippen LogP contribution >= 0.6 is 0 Å². The number of rotatable bonds is 1. The van der Waals surface area contributed by atoms with Crippen LogP contribution < -0.4 is 5.32 Å². The lowest BCUT2D eigenvalue weighted by molar-refractivity contribution is -0.145. The predicted octanol–water partition coefficient (Wildman–Crippen LogP) is 1.23. The molecule has 0 bridgehead atoms. The van der Waals surface area contributed by atoms with E-state index in [1.54, 1.807) is 0 Å². The lowest BCUT2D eigenvalue weighted by Gasteiger charge is -2.23. The zero-order chi connectivity index (χ0) is 9.90. The SMILES string of the molecule is CC1CN(CC(F)(F)F)CCCN1. The second kappa shape index (κ2) is 4.28. The van der Waals surface area contributed by atoms with Gasteiger partial charge in [-0.3, -0.25) is 4.90 Å². The summed E-state index contributed by atoms with van der Waals surface area (Å²) in [4.78, 5) is 1.46. The number of nitrogens with one attached hydrogen (secondary N) is 1. The summed E-state index contributed by atoms with van der Waals surface area (Å²) in [6.45, 7) is 2.97. The van der Waals surface area contributed by atoms with Gasteiger partial charge in [-0.1, -0.05) is 0 Å². The molecular formula is C8H15F3N2. The van der Waals surface area contributed by atoms with Crippen LogP contribution in [-0.2, 0) is 0 Å². The van der Waals surface area contributed by atoms with Gasteiger partial charge in [-0.05, 0) is 26.4 Å². The number of nitrogens with zero attached hydrogens (tertiary/aromatic N) is 1. The first kappa shape index (κ1) is 10.8. The van der Waals surface area contributed by atoms with Gasteiger partial charge in [0.2, 0.25) is 0 Å². The third-order valence-electron chi connectivity index (χ3n) is 2.08. The molecule has 0 aromatic carbocycles. The molecule has 0 aromatic heterocycles. The van der Waals surface area contributed by atoms with Gasteiger partial charge >= 0.3 is 6.18 Å². The Bertz CT molecular complexity index is 158. The van der Waals surface area contributed by atoms with Crippen LogP contribution in [0.3, 0.4) is 0 Å². The molecule has 0 radical (unpaired) electrons. The standard InChI is InChI=1S/C8H15F3N2/c1-7-5-13(4-2-3-12-7)6-8(9,10)11/h7,12H,2-6H2,1H3. The van der Waals surface area contributed by atoms with Crippen molar-refractivity contribution in [2.75, 3.05) is 26.2 Å². The quantitative estimate of drug-likeness (QED) is 0.678. The van der Waals surface area contributed by atoms with E-state index in [1.807, 2.05) is 6.92 Å². The zero-order valence-corrected chi connectivity index (χ0v) is 7.69. The Balaban J connectivity index is 2.39. The number of halogens is 3. The summed E-state index contributed by atoms with van der Waals surface area (Å²) in [6.07, 6.45) is -3.27. The van der Waals surface area contributed by atoms with Gasteiger partial charge in [-0.2, -0.15) is 13.2 Å². The first-order valence-corrected chi connectivity index (χ1v) is 4.50. The van der Waals surface area contributed by atoms with E-state index < -0.39 is 12.7 Å². The second-order valence-electron chi connectivity index (χ2n) is 3.56. The Labute approximate surface area is 76.1 Å². The van der Waals surface area contributed by atoms with E-state index in [1.165, 1.54) is 4.90 Å². The summed E-state index contributed by atoms with van der Waals surface area (Å²) in [5.41, 5.74) is 0. The first-order valence-electron chi connectivity index (χ1n) is 4.50. The number of hydrogen-bond donors (Lipinski definition) is 1. The fourth-order valence-corrected chi connectivity index (χ4v) is 1.59. The van der Waals surface area contributed by atoms with Crippen LogP contribution in [-0.4, -0.2) is 43.3 Å². The van der Waals surface area contributed by atoms with E-state index >= 15 is 0 Å². The van der Waals surface area contributed by atoms with Crippen molar-refractivity contribution in [2.45, 2.75) is 25.6 Å². The summed E-state index contributed by atoms with van der Waals surface area (Å²) >= 11 is 0. The van der Waals surface area contributed by atoms with Gasteiger partial charge < -0.3 is 5.32 Å². The Hall–Kier alpha value is -0.290. The number of hydrogen-bond acceptors (Lipinski definition) is 2. The Kier molecular flexibility index (Phi) is 3.55. The van der Waals surface area contributed by atoms with Crippen molar-refractivity contribution >= 4 is 0 Å². The van der Waals surface area contributed by atoms with Gasteiger partial charge in [0.15, 0.2) is 0 Å². The van der Waals surface area contributed by atoms with Crippen molar-refractivity contribution in [3.8, 4) is 0 Å². The largest absolute Gasteiger partial charge is 0.401 e. The summed E-state index contributed by atoms with van der Waals surface area (Å²) in [7, 11) is 0. The van der Waals surface area contributed by atoms with E-state index in [9.17, 15) is 13.2 Å². The van der Waals surface area contributed by atoms with Crippen molar-refractivity contribution in [1.82, 2.24) is 10.2 Å². The molecular weight excluding hydrogens is 181 g/mol. The highest BCUT2D eigenvalue weighted by molar-refractivity contribution is 4.74. The highest BCUT2D eigenvalue weighted by Gasteiger charge is 2.31. The highest BCUT2D eigenvalue weighted by atomic mass is 19.4. The molecule has 0 aromatic rings. The Morgan fingerprint density at radius 1 is 1.46 bits per heavy atom. The minimum Gasteiger partial charge on any atom is -0.313 e. The average Bonchev–Trinajstić information content (AvgIpc) is 2.10. The Morgan fingerprint density at radius 2 is 2.15 bits per heavy atom. The highest BCUT2D eigenvalue weighted by Crippen LogP contribution is 2.17. The molecule has 1 aliphatic rings. The van der Waals surface area contributed by atoms with Gasteiger partial charge in [0.1, 0.15) is 0 Å². The van der Waals surface area contributed by atoms with E-state index in [-0.39, 0.29) is 6.04 Å². The zero-order valence-electron chi connectivity index (χ0n) is 7.69. The molecule has 1 rings (SSSR count). The Morgan fingerprint density at radius 3 is 2.77 bits per heavy atom. The molecule has 1 aliphatic heterocycles. The lowest BCUT2D eigenvalue weighted by Crippen LogP contribution is -2.40. The normalized spacial score (nSPS) is 27.2. The van der Waals surface area contributed by atoms with Crippen LogP contribution in [0.5, 0.6) is 0 Å². The molecule has 13 heavy (non-hydrogen) atoms. The second-order valence-corrected chi connectivity index (χ2v) is 3.56. The van der Waals surface area contributed by atoms with Crippen molar-refractivity contribution in [3.05, 3.63) is 0 Å². The van der Waals surface area contributed by atoms with Crippen molar-refractivity contribution < 1.29 is 13.2 Å². The summed E-state index contributed by atoms with van der Waals surface area (Å²) < 4.78 is 36.1. The maximum Gasteiger partial charge on any atom is 0.401 e. The van der Waals surface area contributed by atoms with E-state index in [0.29, 0.717) is 13.1 Å². The molecule has 0 spiro atoms. The molecule has 1 atom stereocenters.